The average molecular weight is 408 g/mol. The van der Waals surface area contributed by atoms with Gasteiger partial charge in [0.15, 0.2) is 0 Å². The number of benzene rings is 3. The van der Waals surface area contributed by atoms with Crippen LogP contribution in [0.2, 0.25) is 0 Å². The van der Waals surface area contributed by atoms with Gasteiger partial charge >= 0.3 is 0 Å². The van der Waals surface area contributed by atoms with Crippen LogP contribution in [0.3, 0.4) is 0 Å². The van der Waals surface area contributed by atoms with Gasteiger partial charge < -0.3 is 10.1 Å². The lowest BCUT2D eigenvalue weighted by molar-refractivity contribution is -0.132. The van der Waals surface area contributed by atoms with Crippen molar-refractivity contribution in [1.82, 2.24) is 4.98 Å². The lowest BCUT2D eigenvalue weighted by atomic mass is 9.94. The zero-order valence-corrected chi connectivity index (χ0v) is 16.9. The first-order valence-electron chi connectivity index (χ1n) is 10.1. The van der Waals surface area contributed by atoms with E-state index in [2.05, 4.69) is 4.98 Å². The standard InChI is InChI=1S/C26H20N2O3/c1-16-9-5-8-14-21(16)28-23(19-15-27-20-13-7-6-12-18(19)20)22(25(30)26(28)31)24(29)17-10-3-2-4-11-17/h2-15,23,27,29H,1H3/b24-22+. The molecule has 1 fully saturated rings. The lowest BCUT2D eigenvalue weighted by Crippen LogP contribution is -2.30. The molecule has 1 aromatic heterocycles. The number of H-pyrrole nitrogens is 1. The quantitative estimate of drug-likeness (QED) is 0.281. The Bertz CT molecular complexity index is 1350. The molecule has 0 aliphatic carbocycles. The largest absolute Gasteiger partial charge is 0.507 e. The van der Waals surface area contributed by atoms with Crippen molar-refractivity contribution in [3.05, 3.63) is 107 Å². The number of aromatic nitrogens is 1. The second kappa shape index (κ2) is 7.29. The predicted octanol–water partition coefficient (Wildman–Crippen LogP) is 5.10. The summed E-state index contributed by atoms with van der Waals surface area (Å²) in [5.41, 5.74) is 3.75. The number of anilines is 1. The molecule has 2 heterocycles. The molecule has 31 heavy (non-hydrogen) atoms. The summed E-state index contributed by atoms with van der Waals surface area (Å²) in [6.45, 7) is 1.90. The fraction of sp³-hybridized carbons (Fsp3) is 0.0769. The molecule has 0 bridgehead atoms. The van der Waals surface area contributed by atoms with Gasteiger partial charge in [-0.25, -0.2) is 0 Å². The van der Waals surface area contributed by atoms with E-state index in [4.69, 9.17) is 0 Å². The van der Waals surface area contributed by atoms with E-state index in [1.165, 1.54) is 4.90 Å². The molecular weight excluding hydrogens is 388 g/mol. The van der Waals surface area contributed by atoms with Crippen molar-refractivity contribution in [3.63, 3.8) is 0 Å². The summed E-state index contributed by atoms with van der Waals surface area (Å²) >= 11 is 0. The summed E-state index contributed by atoms with van der Waals surface area (Å²) in [5.74, 6) is -1.52. The van der Waals surface area contributed by atoms with Gasteiger partial charge in [0.2, 0.25) is 0 Å². The second-order valence-corrected chi connectivity index (χ2v) is 7.61. The number of nitrogens with zero attached hydrogens (tertiary/aromatic N) is 1. The number of aryl methyl sites for hydroxylation is 1. The fourth-order valence-corrected chi connectivity index (χ4v) is 4.28. The molecule has 1 aliphatic rings. The number of amides is 1. The summed E-state index contributed by atoms with van der Waals surface area (Å²) in [4.78, 5) is 31.2. The van der Waals surface area contributed by atoms with E-state index in [0.29, 0.717) is 11.3 Å². The first-order valence-corrected chi connectivity index (χ1v) is 10.1. The lowest BCUT2D eigenvalue weighted by Gasteiger charge is -2.26. The van der Waals surface area contributed by atoms with Crippen LogP contribution in [-0.2, 0) is 9.59 Å². The molecule has 2 N–H and O–H groups in total. The van der Waals surface area contributed by atoms with Crippen molar-refractivity contribution in [1.29, 1.82) is 0 Å². The van der Waals surface area contributed by atoms with Gasteiger partial charge in [-0.3, -0.25) is 14.5 Å². The third-order valence-electron chi connectivity index (χ3n) is 5.78. The molecule has 152 valence electrons. The minimum absolute atomic E-state index is 0.0872. The monoisotopic (exact) mass is 408 g/mol. The van der Waals surface area contributed by atoms with Crippen molar-refractivity contribution in [3.8, 4) is 0 Å². The number of aliphatic hydroxyl groups excluding tert-OH is 1. The molecule has 1 aliphatic heterocycles. The maximum Gasteiger partial charge on any atom is 0.300 e. The topological polar surface area (TPSA) is 73.4 Å². The Morgan fingerprint density at radius 2 is 1.58 bits per heavy atom. The molecule has 0 radical (unpaired) electrons. The van der Waals surface area contributed by atoms with Crippen LogP contribution < -0.4 is 4.90 Å². The number of fused-ring (bicyclic) bond motifs is 1. The van der Waals surface area contributed by atoms with Crippen LogP contribution in [0.5, 0.6) is 0 Å². The minimum Gasteiger partial charge on any atom is -0.507 e. The molecule has 0 saturated carbocycles. The van der Waals surface area contributed by atoms with Crippen LogP contribution in [-0.4, -0.2) is 21.8 Å². The highest BCUT2D eigenvalue weighted by molar-refractivity contribution is 6.52. The van der Waals surface area contributed by atoms with Crippen LogP contribution >= 0.6 is 0 Å². The first kappa shape index (κ1) is 18.9. The highest BCUT2D eigenvalue weighted by atomic mass is 16.3. The number of ketones is 1. The number of para-hydroxylation sites is 2. The SMILES string of the molecule is Cc1ccccc1N1C(=O)C(=O)/C(=C(/O)c2ccccc2)C1c1c[nH]c2ccccc12. The molecule has 4 aromatic rings. The van der Waals surface area contributed by atoms with Gasteiger partial charge in [0.05, 0.1) is 11.6 Å². The van der Waals surface area contributed by atoms with Gasteiger partial charge in [-0.2, -0.15) is 0 Å². The van der Waals surface area contributed by atoms with Gasteiger partial charge in [-0.1, -0.05) is 66.7 Å². The van der Waals surface area contributed by atoms with Crippen molar-refractivity contribution in [2.45, 2.75) is 13.0 Å². The number of rotatable bonds is 3. The Labute approximate surface area is 179 Å². The second-order valence-electron chi connectivity index (χ2n) is 7.61. The van der Waals surface area contributed by atoms with Crippen LogP contribution in [0.25, 0.3) is 16.7 Å². The van der Waals surface area contributed by atoms with Gasteiger partial charge in [-0.05, 0) is 24.6 Å². The maximum atomic E-state index is 13.3. The van der Waals surface area contributed by atoms with Crippen molar-refractivity contribution in [2.24, 2.45) is 0 Å². The van der Waals surface area contributed by atoms with Crippen molar-refractivity contribution >= 4 is 34.0 Å². The average Bonchev–Trinajstić information content (AvgIpc) is 3.33. The van der Waals surface area contributed by atoms with E-state index < -0.39 is 17.7 Å². The highest BCUT2D eigenvalue weighted by Gasteiger charge is 2.48. The van der Waals surface area contributed by atoms with Gasteiger partial charge in [-0.15, -0.1) is 0 Å². The molecule has 1 saturated heterocycles. The number of carbonyl (C=O) groups excluding carboxylic acids is 2. The number of aliphatic hydroxyl groups is 1. The summed E-state index contributed by atoms with van der Waals surface area (Å²) in [6.07, 6.45) is 1.81. The zero-order valence-electron chi connectivity index (χ0n) is 16.9. The van der Waals surface area contributed by atoms with Gasteiger partial charge in [0, 0.05) is 33.9 Å². The molecule has 5 rings (SSSR count). The number of Topliss-reactive ketones (excluding diaryl/α,β-unsaturated/α-hetero) is 1. The number of nitrogens with one attached hydrogen (secondary N) is 1. The van der Waals surface area contributed by atoms with Crippen LogP contribution in [0, 0.1) is 6.92 Å². The Balaban J connectivity index is 1.81. The third-order valence-corrected chi connectivity index (χ3v) is 5.78. The molecular formula is C26H20N2O3. The molecule has 1 unspecified atom stereocenters. The van der Waals surface area contributed by atoms with E-state index in [1.807, 2.05) is 67.7 Å². The Morgan fingerprint density at radius 3 is 2.35 bits per heavy atom. The molecule has 5 heteroatoms. The fourth-order valence-electron chi connectivity index (χ4n) is 4.28. The highest BCUT2D eigenvalue weighted by Crippen LogP contribution is 2.44. The Morgan fingerprint density at radius 1 is 0.903 bits per heavy atom. The number of hydrogen-bond acceptors (Lipinski definition) is 3. The van der Waals surface area contributed by atoms with Gasteiger partial charge in [0.25, 0.3) is 11.7 Å². The Hall–Kier alpha value is -4.12. The van der Waals surface area contributed by atoms with Gasteiger partial charge in [0.1, 0.15) is 5.76 Å². The first-order chi connectivity index (χ1) is 15.1. The van der Waals surface area contributed by atoms with Crippen LogP contribution in [0.1, 0.15) is 22.7 Å². The van der Waals surface area contributed by atoms with Crippen LogP contribution in [0.4, 0.5) is 5.69 Å². The summed E-state index contributed by atoms with van der Waals surface area (Å²) < 4.78 is 0. The maximum absolute atomic E-state index is 13.3. The molecule has 0 spiro atoms. The molecule has 5 nitrogen and oxygen atoms in total. The molecule has 3 aromatic carbocycles. The van der Waals surface area contributed by atoms with E-state index in [0.717, 1.165) is 22.0 Å². The van der Waals surface area contributed by atoms with E-state index in [9.17, 15) is 14.7 Å². The molecule has 1 amide bonds. The van der Waals surface area contributed by atoms with Crippen LogP contribution in [0.15, 0.2) is 90.6 Å². The summed E-state index contributed by atoms with van der Waals surface area (Å²) in [6, 6.07) is 23.3. The zero-order chi connectivity index (χ0) is 21.5. The summed E-state index contributed by atoms with van der Waals surface area (Å²) in [7, 11) is 0. The molecule has 1 atom stereocenters. The third kappa shape index (κ3) is 2.94. The number of carbonyl (C=O) groups is 2. The van der Waals surface area contributed by atoms with Crippen molar-refractivity contribution < 1.29 is 14.7 Å². The van der Waals surface area contributed by atoms with E-state index >= 15 is 0 Å². The summed E-state index contributed by atoms with van der Waals surface area (Å²) in [5, 5.41) is 12.0. The minimum atomic E-state index is -0.752. The smallest absolute Gasteiger partial charge is 0.300 e. The normalized spacial score (nSPS) is 18.1. The van der Waals surface area contributed by atoms with E-state index in [1.54, 1.807) is 24.3 Å². The predicted molar refractivity (Wildman–Crippen MR) is 121 cm³/mol. The number of aromatic amines is 1. The Kier molecular flexibility index (Phi) is 4.44. The van der Waals surface area contributed by atoms with Crippen molar-refractivity contribution in [2.75, 3.05) is 4.90 Å². The van der Waals surface area contributed by atoms with E-state index in [-0.39, 0.29) is 11.3 Å². The number of hydrogen-bond donors (Lipinski definition) is 2.